The Hall–Kier alpha value is -2.50. The number of hydrogen-bond donors (Lipinski definition) is 2. The van der Waals surface area contributed by atoms with E-state index in [1.807, 2.05) is 36.4 Å². The minimum Gasteiger partial charge on any atom is -0.496 e. The van der Waals surface area contributed by atoms with Crippen molar-refractivity contribution < 1.29 is 4.74 Å². The summed E-state index contributed by atoms with van der Waals surface area (Å²) in [5, 5.41) is 9.08. The predicted octanol–water partition coefficient (Wildman–Crippen LogP) is 5.87. The molecule has 0 saturated carbocycles. The maximum absolute atomic E-state index is 6.02. The molecular weight excluding hydrogens is 420 g/mol. The fraction of sp³-hybridized carbons (Fsp3) is 0.423. The van der Waals surface area contributed by atoms with E-state index in [0.717, 1.165) is 59.0 Å². The molecule has 2 heterocycles. The van der Waals surface area contributed by atoms with Gasteiger partial charge in [-0.2, -0.15) is 0 Å². The highest BCUT2D eigenvalue weighted by Crippen LogP contribution is 2.37. The smallest absolute Gasteiger partial charge is 0.130 e. The summed E-state index contributed by atoms with van der Waals surface area (Å²) in [7, 11) is 1.73. The van der Waals surface area contributed by atoms with Crippen molar-refractivity contribution >= 4 is 34.0 Å². The van der Waals surface area contributed by atoms with Gasteiger partial charge in [0.15, 0.2) is 0 Å². The summed E-state index contributed by atoms with van der Waals surface area (Å²) in [4.78, 5) is 7.35. The highest BCUT2D eigenvalue weighted by atomic mass is 35.5. The molecule has 170 valence electrons. The zero-order valence-corrected chi connectivity index (χ0v) is 20.2. The van der Waals surface area contributed by atoms with Gasteiger partial charge in [-0.25, -0.2) is 4.98 Å². The van der Waals surface area contributed by atoms with Crippen LogP contribution in [-0.4, -0.2) is 36.8 Å². The fourth-order valence-electron chi connectivity index (χ4n) is 4.42. The molecule has 2 aromatic carbocycles. The van der Waals surface area contributed by atoms with Crippen molar-refractivity contribution in [3.8, 4) is 5.75 Å². The number of nitrogens with zero attached hydrogens (tertiary/aromatic N) is 2. The zero-order chi connectivity index (χ0) is 22.7. The van der Waals surface area contributed by atoms with Gasteiger partial charge in [0.2, 0.25) is 0 Å². The summed E-state index contributed by atoms with van der Waals surface area (Å²) in [5.41, 5.74) is 3.42. The van der Waals surface area contributed by atoms with Gasteiger partial charge in [-0.15, -0.1) is 0 Å². The molecule has 1 aliphatic heterocycles. The van der Waals surface area contributed by atoms with Crippen molar-refractivity contribution in [3.05, 3.63) is 59.1 Å². The molecule has 32 heavy (non-hydrogen) atoms. The van der Waals surface area contributed by atoms with Gasteiger partial charge in [-0.05, 0) is 63.4 Å². The van der Waals surface area contributed by atoms with Crippen LogP contribution >= 0.6 is 11.6 Å². The number of ether oxygens (including phenoxy) is 1. The molecule has 1 aliphatic rings. The molecule has 0 spiro atoms. The Kier molecular flexibility index (Phi) is 6.77. The zero-order valence-electron chi connectivity index (χ0n) is 19.4. The third-order valence-electron chi connectivity index (χ3n) is 5.85. The summed E-state index contributed by atoms with van der Waals surface area (Å²) in [6, 6.07) is 16.7. The fourth-order valence-corrected chi connectivity index (χ4v) is 4.54. The average Bonchev–Trinajstić information content (AvgIpc) is 2.77. The molecule has 2 N–H and O–H groups in total. The Morgan fingerprint density at radius 1 is 1.09 bits per heavy atom. The number of halogens is 1. The first-order valence-electron chi connectivity index (χ1n) is 11.3. The van der Waals surface area contributed by atoms with E-state index in [1.54, 1.807) is 7.11 Å². The highest BCUT2D eigenvalue weighted by molar-refractivity contribution is 6.30. The molecule has 1 fully saturated rings. The molecule has 0 amide bonds. The van der Waals surface area contributed by atoms with E-state index < -0.39 is 0 Å². The van der Waals surface area contributed by atoms with Crippen LogP contribution in [0.3, 0.4) is 0 Å². The third-order valence-corrected chi connectivity index (χ3v) is 6.11. The van der Waals surface area contributed by atoms with Crippen LogP contribution < -0.4 is 20.3 Å². The number of benzene rings is 2. The standard InChI is InChI=1S/C26H33ClN4O/c1-26(2,3)30-20-12-14-31(15-13-20)22-16-24(28-17-18-8-10-19(27)11-9-18)29-21-6-5-7-23(32-4)25(21)22/h5-11,16,20,30H,12-15,17H2,1-4H3,(H,28,29). The van der Waals surface area contributed by atoms with Crippen molar-refractivity contribution in [2.45, 2.75) is 51.7 Å². The summed E-state index contributed by atoms with van der Waals surface area (Å²) in [6.07, 6.45) is 2.23. The van der Waals surface area contributed by atoms with E-state index in [2.05, 4.69) is 48.4 Å². The molecule has 1 aromatic heterocycles. The number of aromatic nitrogens is 1. The first-order valence-corrected chi connectivity index (χ1v) is 11.7. The van der Waals surface area contributed by atoms with Gasteiger partial charge in [0, 0.05) is 42.3 Å². The summed E-state index contributed by atoms with van der Waals surface area (Å²) in [5.74, 6) is 1.73. The second-order valence-corrected chi connectivity index (χ2v) is 9.95. The molecule has 0 unspecified atom stereocenters. The Morgan fingerprint density at radius 3 is 2.47 bits per heavy atom. The van der Waals surface area contributed by atoms with E-state index in [1.165, 1.54) is 5.69 Å². The number of hydrogen-bond acceptors (Lipinski definition) is 5. The van der Waals surface area contributed by atoms with Gasteiger partial charge in [0.1, 0.15) is 11.6 Å². The Bertz CT molecular complexity index is 1050. The second-order valence-electron chi connectivity index (χ2n) is 9.52. The van der Waals surface area contributed by atoms with Crippen LogP contribution in [0.5, 0.6) is 5.75 Å². The maximum Gasteiger partial charge on any atom is 0.130 e. The van der Waals surface area contributed by atoms with Gasteiger partial charge in [0.25, 0.3) is 0 Å². The van der Waals surface area contributed by atoms with Crippen molar-refractivity contribution in [1.82, 2.24) is 10.3 Å². The van der Waals surface area contributed by atoms with Crippen LogP contribution in [0, 0.1) is 0 Å². The predicted molar refractivity (Wildman–Crippen MR) is 135 cm³/mol. The first kappa shape index (κ1) is 22.7. The molecule has 3 aromatic rings. The number of pyridine rings is 1. The van der Waals surface area contributed by atoms with Crippen LogP contribution in [0.25, 0.3) is 10.9 Å². The van der Waals surface area contributed by atoms with Gasteiger partial charge in [-0.3, -0.25) is 0 Å². The lowest BCUT2D eigenvalue weighted by molar-refractivity contribution is 0.317. The lowest BCUT2D eigenvalue weighted by atomic mass is 9.99. The molecule has 0 radical (unpaired) electrons. The van der Waals surface area contributed by atoms with Crippen LogP contribution in [0.2, 0.25) is 5.02 Å². The number of piperidine rings is 1. The number of rotatable bonds is 6. The van der Waals surface area contributed by atoms with Gasteiger partial charge < -0.3 is 20.3 Å². The largest absolute Gasteiger partial charge is 0.496 e. The average molecular weight is 453 g/mol. The van der Waals surface area contributed by atoms with Crippen LogP contribution in [0.1, 0.15) is 39.2 Å². The van der Waals surface area contributed by atoms with Crippen LogP contribution in [0.4, 0.5) is 11.5 Å². The van der Waals surface area contributed by atoms with Crippen molar-refractivity contribution in [1.29, 1.82) is 0 Å². The topological polar surface area (TPSA) is 49.4 Å². The normalized spacial score (nSPS) is 15.2. The monoisotopic (exact) mass is 452 g/mol. The summed E-state index contributed by atoms with van der Waals surface area (Å²) < 4.78 is 5.71. The van der Waals surface area contributed by atoms with Gasteiger partial charge in [-0.1, -0.05) is 29.8 Å². The first-order chi connectivity index (χ1) is 15.3. The molecule has 6 heteroatoms. The molecule has 5 nitrogen and oxygen atoms in total. The molecule has 1 saturated heterocycles. The molecular formula is C26H33ClN4O. The molecule has 0 aliphatic carbocycles. The second kappa shape index (κ2) is 9.55. The molecule has 0 bridgehead atoms. The minimum absolute atomic E-state index is 0.137. The van der Waals surface area contributed by atoms with E-state index in [4.69, 9.17) is 21.3 Å². The van der Waals surface area contributed by atoms with Crippen LogP contribution in [-0.2, 0) is 6.54 Å². The Labute approximate surface area is 196 Å². The number of methoxy groups -OCH3 is 1. The van der Waals surface area contributed by atoms with Gasteiger partial charge >= 0.3 is 0 Å². The lowest BCUT2D eigenvalue weighted by Crippen LogP contribution is -2.49. The quantitative estimate of drug-likeness (QED) is 0.490. The third kappa shape index (κ3) is 5.45. The van der Waals surface area contributed by atoms with E-state index in [-0.39, 0.29) is 5.54 Å². The number of anilines is 2. The van der Waals surface area contributed by atoms with Gasteiger partial charge in [0.05, 0.1) is 23.7 Å². The molecule has 4 rings (SSSR count). The maximum atomic E-state index is 6.02. The highest BCUT2D eigenvalue weighted by Gasteiger charge is 2.25. The Morgan fingerprint density at radius 2 is 1.81 bits per heavy atom. The summed E-state index contributed by atoms with van der Waals surface area (Å²) >= 11 is 6.02. The number of fused-ring (bicyclic) bond motifs is 1. The SMILES string of the molecule is COc1cccc2nc(NCc3ccc(Cl)cc3)cc(N3CCC(NC(C)(C)C)CC3)c12. The van der Waals surface area contributed by atoms with Crippen molar-refractivity contribution in [3.63, 3.8) is 0 Å². The Balaban J connectivity index is 1.60. The van der Waals surface area contributed by atoms with Crippen molar-refractivity contribution in [2.75, 3.05) is 30.4 Å². The van der Waals surface area contributed by atoms with Crippen LogP contribution in [0.15, 0.2) is 48.5 Å². The van der Waals surface area contributed by atoms with Crippen molar-refractivity contribution in [2.24, 2.45) is 0 Å². The van der Waals surface area contributed by atoms with E-state index in [0.29, 0.717) is 12.6 Å². The van der Waals surface area contributed by atoms with E-state index in [9.17, 15) is 0 Å². The van der Waals surface area contributed by atoms with E-state index >= 15 is 0 Å². The molecule has 0 atom stereocenters. The summed E-state index contributed by atoms with van der Waals surface area (Å²) in [6.45, 7) is 9.40. The lowest BCUT2D eigenvalue weighted by Gasteiger charge is -2.38. The number of nitrogens with one attached hydrogen (secondary N) is 2. The minimum atomic E-state index is 0.137.